The second kappa shape index (κ2) is 5.06. The van der Waals surface area contributed by atoms with Gasteiger partial charge in [-0.1, -0.05) is 6.08 Å². The third-order valence-electron chi connectivity index (χ3n) is 1.72. The Hall–Kier alpha value is -1.95. The minimum atomic E-state index is -0.524. The van der Waals surface area contributed by atoms with E-state index in [-0.39, 0.29) is 11.4 Å². The zero-order chi connectivity index (χ0) is 11.3. The van der Waals surface area contributed by atoms with E-state index in [2.05, 4.69) is 4.98 Å². The molecule has 1 aromatic rings. The predicted octanol–water partition coefficient (Wildman–Crippen LogP) is 1.23. The van der Waals surface area contributed by atoms with Crippen LogP contribution in [0.5, 0.6) is 0 Å². The summed E-state index contributed by atoms with van der Waals surface area (Å²) >= 11 is 0. The first-order valence-corrected chi connectivity index (χ1v) is 4.20. The molecule has 6 nitrogen and oxygen atoms in total. The Morgan fingerprint density at radius 3 is 3.00 bits per heavy atom. The molecule has 0 saturated carbocycles. The highest BCUT2D eigenvalue weighted by molar-refractivity contribution is 5.70. The summed E-state index contributed by atoms with van der Waals surface area (Å²) in [5.74, 6) is 0. The van der Waals surface area contributed by atoms with E-state index < -0.39 is 4.92 Å². The van der Waals surface area contributed by atoms with Crippen LogP contribution in [0.25, 0.3) is 6.08 Å². The van der Waals surface area contributed by atoms with E-state index >= 15 is 0 Å². The molecule has 2 N–H and O–H groups in total. The summed E-state index contributed by atoms with van der Waals surface area (Å²) in [5, 5.41) is 10.7. The van der Waals surface area contributed by atoms with Crippen LogP contribution >= 0.6 is 0 Å². The summed E-state index contributed by atoms with van der Waals surface area (Å²) in [6.07, 6.45) is 5.86. The molecule has 0 aliphatic carbocycles. The van der Waals surface area contributed by atoms with Crippen molar-refractivity contribution in [1.29, 1.82) is 0 Å². The Morgan fingerprint density at radius 2 is 2.40 bits per heavy atom. The highest BCUT2D eigenvalue weighted by atomic mass is 16.6. The third-order valence-corrected chi connectivity index (χ3v) is 1.72. The fourth-order valence-corrected chi connectivity index (χ4v) is 1.09. The molecule has 0 radical (unpaired) electrons. The van der Waals surface area contributed by atoms with Gasteiger partial charge in [-0.2, -0.15) is 0 Å². The molecule has 0 unspecified atom stereocenters. The molecule has 1 heterocycles. The molecule has 15 heavy (non-hydrogen) atoms. The number of aromatic nitrogens is 1. The predicted molar refractivity (Wildman–Crippen MR) is 56.2 cm³/mol. The van der Waals surface area contributed by atoms with Crippen molar-refractivity contribution in [2.45, 2.75) is 0 Å². The Kier molecular flexibility index (Phi) is 3.75. The van der Waals surface area contributed by atoms with Gasteiger partial charge in [-0.25, -0.2) is 0 Å². The first-order chi connectivity index (χ1) is 7.16. The van der Waals surface area contributed by atoms with Crippen molar-refractivity contribution in [1.82, 2.24) is 4.98 Å². The molecule has 1 rings (SSSR count). The van der Waals surface area contributed by atoms with Gasteiger partial charge < -0.3 is 10.5 Å². The number of pyridine rings is 1. The number of ether oxygens (including phenoxy) is 1. The van der Waals surface area contributed by atoms with E-state index in [1.54, 1.807) is 12.2 Å². The van der Waals surface area contributed by atoms with E-state index in [4.69, 9.17) is 10.5 Å². The molecule has 0 atom stereocenters. The number of nitro groups is 1. The lowest BCUT2D eigenvalue weighted by atomic mass is 10.2. The fraction of sp³-hybridized carbons (Fsp3) is 0.222. The van der Waals surface area contributed by atoms with Gasteiger partial charge in [0.1, 0.15) is 5.69 Å². The van der Waals surface area contributed by atoms with Gasteiger partial charge in [-0.3, -0.25) is 15.1 Å². The van der Waals surface area contributed by atoms with Gasteiger partial charge in [0, 0.05) is 13.3 Å². The quantitative estimate of drug-likeness (QED) is 0.594. The molecule has 1 aromatic heterocycles. The van der Waals surface area contributed by atoms with Crippen LogP contribution in [0.4, 0.5) is 11.4 Å². The van der Waals surface area contributed by atoms with Gasteiger partial charge in [-0.15, -0.1) is 0 Å². The minimum Gasteiger partial charge on any atom is -0.392 e. The van der Waals surface area contributed by atoms with Crippen molar-refractivity contribution in [2.75, 3.05) is 19.5 Å². The number of rotatable bonds is 4. The maximum absolute atomic E-state index is 10.7. The van der Waals surface area contributed by atoms with Gasteiger partial charge >= 0.3 is 5.69 Å². The van der Waals surface area contributed by atoms with Crippen molar-refractivity contribution in [3.8, 4) is 0 Å². The van der Waals surface area contributed by atoms with E-state index in [1.165, 1.54) is 19.5 Å². The molecule has 0 bridgehead atoms. The summed E-state index contributed by atoms with van der Waals surface area (Å²) in [5.41, 5.74) is 5.76. The Morgan fingerprint density at radius 1 is 1.67 bits per heavy atom. The zero-order valence-electron chi connectivity index (χ0n) is 8.21. The van der Waals surface area contributed by atoms with Gasteiger partial charge in [0.05, 0.1) is 23.3 Å². The van der Waals surface area contributed by atoms with E-state index in [9.17, 15) is 10.1 Å². The van der Waals surface area contributed by atoms with Crippen LogP contribution in [0.1, 0.15) is 5.56 Å². The maximum atomic E-state index is 10.7. The lowest BCUT2D eigenvalue weighted by molar-refractivity contribution is -0.384. The average molecular weight is 209 g/mol. The molecule has 0 aliphatic rings. The smallest absolute Gasteiger partial charge is 0.302 e. The molecule has 0 spiro atoms. The van der Waals surface area contributed by atoms with Crippen molar-refractivity contribution in [3.63, 3.8) is 0 Å². The van der Waals surface area contributed by atoms with Crippen molar-refractivity contribution < 1.29 is 9.66 Å². The van der Waals surface area contributed by atoms with Crippen LogP contribution < -0.4 is 5.73 Å². The van der Waals surface area contributed by atoms with Crippen molar-refractivity contribution in [2.24, 2.45) is 0 Å². The van der Waals surface area contributed by atoms with Crippen LogP contribution in [-0.4, -0.2) is 23.6 Å². The molecule has 0 saturated heterocycles. The monoisotopic (exact) mass is 209 g/mol. The number of hydrogen-bond donors (Lipinski definition) is 1. The zero-order valence-corrected chi connectivity index (χ0v) is 8.21. The second-order valence-electron chi connectivity index (χ2n) is 2.78. The summed E-state index contributed by atoms with van der Waals surface area (Å²) in [6.45, 7) is 0.381. The van der Waals surface area contributed by atoms with E-state index in [1.807, 2.05) is 0 Å². The number of nitrogens with two attached hydrogens (primary N) is 1. The molecule has 0 aromatic carbocycles. The fourth-order valence-electron chi connectivity index (χ4n) is 1.09. The molecular weight excluding hydrogens is 198 g/mol. The van der Waals surface area contributed by atoms with Gasteiger partial charge in [0.2, 0.25) is 0 Å². The van der Waals surface area contributed by atoms with Gasteiger partial charge in [-0.05, 0) is 6.08 Å². The number of anilines is 1. The summed E-state index contributed by atoms with van der Waals surface area (Å²) < 4.78 is 4.79. The number of nitrogen functional groups attached to an aromatic ring is 1. The molecule has 0 amide bonds. The summed E-state index contributed by atoms with van der Waals surface area (Å²) in [7, 11) is 1.54. The molecule has 6 heteroatoms. The number of nitrogens with zero attached hydrogens (tertiary/aromatic N) is 2. The number of hydrogen-bond acceptors (Lipinski definition) is 5. The highest BCUT2D eigenvalue weighted by Crippen LogP contribution is 2.25. The lowest BCUT2D eigenvalue weighted by Gasteiger charge is -1.99. The van der Waals surface area contributed by atoms with E-state index in [0.717, 1.165) is 0 Å². The van der Waals surface area contributed by atoms with Crippen molar-refractivity contribution >= 4 is 17.5 Å². The highest BCUT2D eigenvalue weighted by Gasteiger charge is 2.15. The average Bonchev–Trinajstić information content (AvgIpc) is 2.17. The first kappa shape index (κ1) is 11.1. The molecule has 80 valence electrons. The van der Waals surface area contributed by atoms with E-state index in [0.29, 0.717) is 12.2 Å². The summed E-state index contributed by atoms with van der Waals surface area (Å²) in [6, 6.07) is 0. The largest absolute Gasteiger partial charge is 0.392 e. The van der Waals surface area contributed by atoms with Crippen LogP contribution in [0, 0.1) is 10.1 Å². The Balaban J connectivity index is 3.06. The van der Waals surface area contributed by atoms with Crippen LogP contribution in [0.2, 0.25) is 0 Å². The molecular formula is C9H11N3O3. The van der Waals surface area contributed by atoms with Gasteiger partial charge in [0.25, 0.3) is 0 Å². The standard InChI is InChI=1S/C9H11N3O3/c1-15-4-2-3-7-5-11-6-8(10)9(7)12(13)14/h2-3,5-6H,4,10H2,1H3/b3-2+. The van der Waals surface area contributed by atoms with Crippen LogP contribution in [0.3, 0.4) is 0 Å². The molecule has 0 fully saturated rings. The first-order valence-electron chi connectivity index (χ1n) is 4.20. The van der Waals surface area contributed by atoms with Crippen LogP contribution in [-0.2, 0) is 4.74 Å². The Bertz CT molecular complexity index is 390. The lowest BCUT2D eigenvalue weighted by Crippen LogP contribution is -1.99. The van der Waals surface area contributed by atoms with Crippen molar-refractivity contribution in [3.05, 3.63) is 34.1 Å². The minimum absolute atomic E-state index is 0.0552. The Labute approximate surface area is 86.5 Å². The topological polar surface area (TPSA) is 91.3 Å². The summed E-state index contributed by atoms with van der Waals surface area (Å²) in [4.78, 5) is 14.0. The SMILES string of the molecule is COC/C=C/c1cncc(N)c1[N+](=O)[O-]. The number of methoxy groups -OCH3 is 1. The normalized spacial score (nSPS) is 10.7. The third kappa shape index (κ3) is 2.75. The second-order valence-corrected chi connectivity index (χ2v) is 2.78. The van der Waals surface area contributed by atoms with Crippen LogP contribution in [0.15, 0.2) is 18.5 Å². The maximum Gasteiger partial charge on any atom is 0.302 e. The van der Waals surface area contributed by atoms with Gasteiger partial charge in [0.15, 0.2) is 0 Å². The molecule has 0 aliphatic heterocycles.